The van der Waals surface area contributed by atoms with E-state index in [1.165, 1.54) is 0 Å². The maximum atomic E-state index is 4.92. The highest BCUT2D eigenvalue weighted by molar-refractivity contribution is 5.84. The van der Waals surface area contributed by atoms with Crippen molar-refractivity contribution in [2.45, 2.75) is 0 Å². The molecule has 0 saturated heterocycles. The summed E-state index contributed by atoms with van der Waals surface area (Å²) in [6.45, 7) is 0. The van der Waals surface area contributed by atoms with Gasteiger partial charge in [-0.2, -0.15) is 5.10 Å². The summed E-state index contributed by atoms with van der Waals surface area (Å²) in [5.41, 5.74) is 6.33. The molecule has 0 fully saturated rings. The average Bonchev–Trinajstić information content (AvgIpc) is 3.37. The molecule has 0 radical (unpaired) electrons. The highest BCUT2D eigenvalue weighted by atomic mass is 15.1. The maximum absolute atomic E-state index is 4.92. The number of benzene rings is 3. The van der Waals surface area contributed by atoms with Crippen LogP contribution >= 0.6 is 0 Å². The summed E-state index contributed by atoms with van der Waals surface area (Å²) >= 11 is 0. The van der Waals surface area contributed by atoms with E-state index in [0.29, 0.717) is 0 Å². The third kappa shape index (κ3) is 2.40. The minimum Gasteiger partial charge on any atom is -0.292 e. The number of nitrogens with zero attached hydrogens (tertiary/aromatic N) is 3. The summed E-state index contributed by atoms with van der Waals surface area (Å²) in [7, 11) is 0. The van der Waals surface area contributed by atoms with Crippen molar-refractivity contribution in [2.75, 3.05) is 0 Å². The van der Waals surface area contributed by atoms with E-state index in [2.05, 4.69) is 75.4 Å². The van der Waals surface area contributed by atoms with Gasteiger partial charge in [0.1, 0.15) is 5.82 Å². The summed E-state index contributed by atoms with van der Waals surface area (Å²) in [5, 5.41) is 7.08. The van der Waals surface area contributed by atoms with Gasteiger partial charge in [0.2, 0.25) is 0 Å². The first kappa shape index (κ1) is 14.7. The first-order valence-electron chi connectivity index (χ1n) is 8.53. The Bertz CT molecular complexity index is 1170. The van der Waals surface area contributed by atoms with Gasteiger partial charge in [0.05, 0.1) is 16.7 Å². The van der Waals surface area contributed by atoms with Crippen molar-refractivity contribution in [1.82, 2.24) is 19.7 Å². The first-order valence-corrected chi connectivity index (χ1v) is 8.53. The second-order valence-corrected chi connectivity index (χ2v) is 6.15. The second kappa shape index (κ2) is 6.01. The van der Waals surface area contributed by atoms with Crippen molar-refractivity contribution in [3.05, 3.63) is 91.1 Å². The molecule has 0 bridgehead atoms. The molecule has 0 aliphatic heterocycles. The number of aromatic amines is 1. The van der Waals surface area contributed by atoms with Crippen LogP contribution in [-0.4, -0.2) is 19.7 Å². The minimum absolute atomic E-state index is 0.929. The lowest BCUT2D eigenvalue weighted by Gasteiger charge is -2.10. The topological polar surface area (TPSA) is 46.5 Å². The lowest BCUT2D eigenvalue weighted by atomic mass is 10.1. The molecule has 0 amide bonds. The molecule has 0 unspecified atom stereocenters. The molecule has 5 rings (SSSR count). The molecule has 4 heteroatoms. The normalized spacial score (nSPS) is 11.1. The van der Waals surface area contributed by atoms with Crippen LogP contribution in [0.1, 0.15) is 0 Å². The standard InChI is InChI=1S/C22H16N4/c1-2-9-18(10-3-1)26-21-12-5-4-11-20(21)24-22(26)17-8-6-7-16(15-17)19-13-14-23-25-19/h1-15H,(H,23,25). The Kier molecular flexibility index (Phi) is 3.39. The highest BCUT2D eigenvalue weighted by Gasteiger charge is 2.14. The fraction of sp³-hybridized carbons (Fsp3) is 0. The Morgan fingerprint density at radius 3 is 2.38 bits per heavy atom. The van der Waals surface area contributed by atoms with Crippen LogP contribution in [0.5, 0.6) is 0 Å². The summed E-state index contributed by atoms with van der Waals surface area (Å²) in [5.74, 6) is 0.929. The molecule has 0 saturated carbocycles. The first-order chi connectivity index (χ1) is 12.9. The van der Waals surface area contributed by atoms with Gasteiger partial charge in [-0.25, -0.2) is 4.98 Å². The van der Waals surface area contributed by atoms with E-state index in [-0.39, 0.29) is 0 Å². The molecule has 124 valence electrons. The molecular formula is C22H16N4. The smallest absolute Gasteiger partial charge is 0.145 e. The quantitative estimate of drug-likeness (QED) is 0.499. The summed E-state index contributed by atoms with van der Waals surface area (Å²) in [4.78, 5) is 4.92. The van der Waals surface area contributed by atoms with Gasteiger partial charge in [-0.15, -0.1) is 0 Å². The van der Waals surface area contributed by atoms with Gasteiger partial charge in [-0.1, -0.05) is 48.5 Å². The van der Waals surface area contributed by atoms with Crippen molar-refractivity contribution in [1.29, 1.82) is 0 Å². The Morgan fingerprint density at radius 2 is 1.54 bits per heavy atom. The van der Waals surface area contributed by atoms with Gasteiger partial charge in [0, 0.05) is 23.0 Å². The van der Waals surface area contributed by atoms with E-state index in [1.54, 1.807) is 6.20 Å². The van der Waals surface area contributed by atoms with Crippen LogP contribution in [0.4, 0.5) is 0 Å². The van der Waals surface area contributed by atoms with Crippen molar-refractivity contribution in [2.24, 2.45) is 0 Å². The molecular weight excluding hydrogens is 320 g/mol. The number of rotatable bonds is 3. The molecule has 0 aliphatic carbocycles. The molecule has 4 nitrogen and oxygen atoms in total. The number of H-pyrrole nitrogens is 1. The molecule has 3 aromatic carbocycles. The predicted molar refractivity (Wildman–Crippen MR) is 104 cm³/mol. The molecule has 0 spiro atoms. The number of imidazole rings is 1. The van der Waals surface area contributed by atoms with Gasteiger partial charge in [-0.3, -0.25) is 9.67 Å². The number of aromatic nitrogens is 4. The van der Waals surface area contributed by atoms with Crippen LogP contribution < -0.4 is 0 Å². The predicted octanol–water partition coefficient (Wildman–Crippen LogP) is 5.08. The Labute approximate surface area is 150 Å². The van der Waals surface area contributed by atoms with E-state index in [1.807, 2.05) is 24.3 Å². The van der Waals surface area contributed by atoms with Crippen molar-refractivity contribution in [3.8, 4) is 28.3 Å². The lowest BCUT2D eigenvalue weighted by Crippen LogP contribution is -1.97. The molecule has 2 heterocycles. The largest absolute Gasteiger partial charge is 0.292 e. The molecule has 2 aromatic heterocycles. The average molecular weight is 336 g/mol. The molecule has 5 aromatic rings. The monoisotopic (exact) mass is 336 g/mol. The van der Waals surface area contributed by atoms with Crippen LogP contribution in [0.2, 0.25) is 0 Å². The second-order valence-electron chi connectivity index (χ2n) is 6.15. The number of hydrogen-bond acceptors (Lipinski definition) is 2. The fourth-order valence-corrected chi connectivity index (χ4v) is 3.30. The van der Waals surface area contributed by atoms with E-state index < -0.39 is 0 Å². The van der Waals surface area contributed by atoms with Gasteiger partial charge in [0.25, 0.3) is 0 Å². The fourth-order valence-electron chi connectivity index (χ4n) is 3.30. The zero-order chi connectivity index (χ0) is 17.3. The molecule has 0 atom stereocenters. The number of nitrogens with one attached hydrogen (secondary N) is 1. The summed E-state index contributed by atoms with van der Waals surface area (Å²) in [6.07, 6.45) is 1.77. The van der Waals surface area contributed by atoms with E-state index in [9.17, 15) is 0 Å². The summed E-state index contributed by atoms with van der Waals surface area (Å²) < 4.78 is 2.21. The number of hydrogen-bond donors (Lipinski definition) is 1. The van der Waals surface area contributed by atoms with E-state index in [4.69, 9.17) is 4.98 Å². The van der Waals surface area contributed by atoms with E-state index in [0.717, 1.165) is 39.4 Å². The Hall–Kier alpha value is -3.66. The maximum Gasteiger partial charge on any atom is 0.145 e. The molecule has 26 heavy (non-hydrogen) atoms. The van der Waals surface area contributed by atoms with E-state index >= 15 is 0 Å². The number of para-hydroxylation sites is 3. The third-order valence-electron chi connectivity index (χ3n) is 4.51. The van der Waals surface area contributed by atoms with Gasteiger partial charge in [0.15, 0.2) is 0 Å². The van der Waals surface area contributed by atoms with Crippen molar-refractivity contribution < 1.29 is 0 Å². The number of fused-ring (bicyclic) bond motifs is 1. The van der Waals surface area contributed by atoms with Crippen molar-refractivity contribution in [3.63, 3.8) is 0 Å². The van der Waals surface area contributed by atoms with Crippen LogP contribution in [0, 0.1) is 0 Å². The van der Waals surface area contributed by atoms with Gasteiger partial charge >= 0.3 is 0 Å². The minimum atomic E-state index is 0.929. The lowest BCUT2D eigenvalue weighted by molar-refractivity contribution is 1.09. The summed E-state index contributed by atoms with van der Waals surface area (Å²) in [6, 6.07) is 28.9. The van der Waals surface area contributed by atoms with Crippen LogP contribution in [0.25, 0.3) is 39.4 Å². The van der Waals surface area contributed by atoms with Crippen LogP contribution in [0.3, 0.4) is 0 Å². The van der Waals surface area contributed by atoms with Gasteiger partial charge < -0.3 is 0 Å². The van der Waals surface area contributed by atoms with Gasteiger partial charge in [-0.05, 0) is 36.4 Å². The SMILES string of the molecule is c1ccc(-n2c(-c3cccc(-c4ccn[nH]4)c3)nc3ccccc32)cc1. The third-order valence-corrected chi connectivity index (χ3v) is 4.51. The van der Waals surface area contributed by atoms with Crippen LogP contribution in [0.15, 0.2) is 91.1 Å². The Balaban J connectivity index is 1.76. The van der Waals surface area contributed by atoms with Crippen molar-refractivity contribution >= 4 is 11.0 Å². The highest BCUT2D eigenvalue weighted by Crippen LogP contribution is 2.30. The Morgan fingerprint density at radius 1 is 0.731 bits per heavy atom. The van der Waals surface area contributed by atoms with Crippen LogP contribution in [-0.2, 0) is 0 Å². The zero-order valence-corrected chi connectivity index (χ0v) is 14.0. The molecule has 0 aliphatic rings. The zero-order valence-electron chi connectivity index (χ0n) is 14.0. The molecule has 1 N–H and O–H groups in total.